The van der Waals surface area contributed by atoms with E-state index < -0.39 is 23.8 Å². The van der Waals surface area contributed by atoms with Gasteiger partial charge in [-0.15, -0.1) is 0 Å². The minimum absolute atomic E-state index is 0.0554. The number of morpholine rings is 1. The number of fused-ring (bicyclic) bond motifs is 3. The smallest absolute Gasteiger partial charge is 0.399 e. The molecule has 3 aliphatic rings. The van der Waals surface area contributed by atoms with Crippen LogP contribution in [0.25, 0.3) is 0 Å². The molecule has 7 nitrogen and oxygen atoms in total. The highest BCUT2D eigenvalue weighted by molar-refractivity contribution is 5.53. The highest BCUT2D eigenvalue weighted by Crippen LogP contribution is 2.45. The number of nitrogen functional groups attached to an aromatic ring is 1. The Bertz CT molecular complexity index is 1100. The van der Waals surface area contributed by atoms with Gasteiger partial charge in [0.2, 0.25) is 5.95 Å². The summed E-state index contributed by atoms with van der Waals surface area (Å²) in [6, 6.07) is 8.41. The highest BCUT2D eigenvalue weighted by Gasteiger charge is 2.60. The Morgan fingerprint density at radius 1 is 1.25 bits per heavy atom. The monoisotopic (exact) mass is 449 g/mol. The number of hydrogen-bond donors (Lipinski definition) is 1. The average Bonchev–Trinajstić information content (AvgIpc) is 3.35. The fourth-order valence-electron chi connectivity index (χ4n) is 5.11. The van der Waals surface area contributed by atoms with E-state index in [0.717, 1.165) is 23.5 Å². The van der Waals surface area contributed by atoms with E-state index in [1.165, 1.54) is 11.0 Å². The molecule has 172 valence electrons. The third-order valence-electron chi connectivity index (χ3n) is 7.10. The normalized spacial score (nSPS) is 29.1. The first-order valence-electron chi connectivity index (χ1n) is 10.7. The lowest BCUT2D eigenvalue weighted by Gasteiger charge is -2.38. The van der Waals surface area contributed by atoms with E-state index in [4.69, 9.17) is 10.5 Å². The summed E-state index contributed by atoms with van der Waals surface area (Å²) in [7, 11) is 0. The minimum Gasteiger partial charge on any atom is -0.399 e. The van der Waals surface area contributed by atoms with Crippen molar-refractivity contribution in [2.24, 2.45) is 0 Å². The van der Waals surface area contributed by atoms with Gasteiger partial charge in [-0.25, -0.2) is 0 Å². The maximum atomic E-state index is 14.2. The zero-order valence-corrected chi connectivity index (χ0v) is 18.0. The number of nitrogens with zero attached hydrogens (tertiary/aromatic N) is 4. The van der Waals surface area contributed by atoms with Crippen LogP contribution in [0.1, 0.15) is 25.8 Å². The van der Waals surface area contributed by atoms with Crippen molar-refractivity contribution in [2.75, 3.05) is 35.2 Å². The molecule has 0 aliphatic carbocycles. The van der Waals surface area contributed by atoms with Gasteiger partial charge in [-0.05, 0) is 38.0 Å². The maximum absolute atomic E-state index is 14.2. The summed E-state index contributed by atoms with van der Waals surface area (Å²) >= 11 is 0. The van der Waals surface area contributed by atoms with Crippen LogP contribution in [0.4, 0.5) is 30.6 Å². The highest BCUT2D eigenvalue weighted by atomic mass is 19.4. The van der Waals surface area contributed by atoms with E-state index in [2.05, 4.69) is 4.98 Å². The second-order valence-electron chi connectivity index (χ2n) is 9.50. The lowest BCUT2D eigenvalue weighted by molar-refractivity contribution is -0.182. The first-order chi connectivity index (χ1) is 15.0. The van der Waals surface area contributed by atoms with Crippen LogP contribution in [-0.4, -0.2) is 52.6 Å². The molecule has 32 heavy (non-hydrogen) atoms. The Morgan fingerprint density at radius 2 is 1.97 bits per heavy atom. The van der Waals surface area contributed by atoms with Crippen LogP contribution in [0, 0.1) is 0 Å². The molecule has 0 amide bonds. The van der Waals surface area contributed by atoms with Crippen molar-refractivity contribution in [3.63, 3.8) is 0 Å². The summed E-state index contributed by atoms with van der Waals surface area (Å²) in [6.07, 6.45) is -3.31. The summed E-state index contributed by atoms with van der Waals surface area (Å²) in [6.45, 7) is 3.84. The first kappa shape index (κ1) is 21.1. The van der Waals surface area contributed by atoms with Crippen molar-refractivity contribution in [1.29, 1.82) is 0 Å². The Balaban J connectivity index is 1.53. The summed E-state index contributed by atoms with van der Waals surface area (Å²) in [4.78, 5) is 20.8. The fourth-order valence-corrected chi connectivity index (χ4v) is 5.11. The molecule has 3 aliphatic heterocycles. The SMILES string of the molecule is CC12CO[C@H](CN1c1cc(=O)n3c(n1)N(CCc1ccc(N)cc1)[C@](C)(C(F)(F)F)C3)C2. The number of benzene rings is 1. The second kappa shape index (κ2) is 6.87. The summed E-state index contributed by atoms with van der Waals surface area (Å²) in [5, 5.41) is 0. The molecule has 0 radical (unpaired) electrons. The van der Waals surface area contributed by atoms with Crippen LogP contribution >= 0.6 is 0 Å². The van der Waals surface area contributed by atoms with Crippen molar-refractivity contribution >= 4 is 17.5 Å². The van der Waals surface area contributed by atoms with Crippen molar-refractivity contribution < 1.29 is 17.9 Å². The number of ether oxygens (including phenoxy) is 1. The number of alkyl halides is 3. The van der Waals surface area contributed by atoms with Crippen LogP contribution < -0.4 is 21.1 Å². The zero-order chi connectivity index (χ0) is 22.9. The molecule has 1 aromatic carbocycles. The molecule has 10 heteroatoms. The standard InChI is InChI=1S/C22H26F3N5O2/c1-20-10-16(32-13-20)11-30(20)17-9-18(31)28-12-21(2,22(23,24)25)29(19(28)27-17)8-7-14-3-5-15(26)6-4-14/h3-6,9,16H,7-8,10-13,26H2,1-2H3/t16-,20?,21-/m0/s1. The van der Waals surface area contributed by atoms with Gasteiger partial charge in [0, 0.05) is 31.3 Å². The number of hydrogen-bond acceptors (Lipinski definition) is 6. The van der Waals surface area contributed by atoms with Crippen LogP contribution in [-0.2, 0) is 17.7 Å². The van der Waals surface area contributed by atoms with E-state index in [9.17, 15) is 18.0 Å². The van der Waals surface area contributed by atoms with Gasteiger partial charge in [-0.2, -0.15) is 18.2 Å². The first-order valence-corrected chi connectivity index (χ1v) is 10.7. The van der Waals surface area contributed by atoms with Crippen LogP contribution in [0.15, 0.2) is 35.1 Å². The molecule has 1 unspecified atom stereocenters. The zero-order valence-electron chi connectivity index (χ0n) is 18.0. The fraction of sp³-hybridized carbons (Fsp3) is 0.545. The maximum Gasteiger partial charge on any atom is 0.413 e. The Hall–Kier alpha value is -2.75. The molecule has 0 spiro atoms. The predicted molar refractivity (Wildman–Crippen MR) is 115 cm³/mol. The molecule has 2 aromatic rings. The Labute approximate surface area is 183 Å². The van der Waals surface area contributed by atoms with Crippen molar-refractivity contribution in [3.05, 3.63) is 46.2 Å². The number of halogens is 3. The van der Waals surface area contributed by atoms with E-state index in [1.54, 1.807) is 24.3 Å². The number of anilines is 3. The van der Waals surface area contributed by atoms with Gasteiger partial charge in [-0.1, -0.05) is 12.1 Å². The molecule has 3 atom stereocenters. The van der Waals surface area contributed by atoms with Crippen LogP contribution in [0.5, 0.6) is 0 Å². The van der Waals surface area contributed by atoms with Gasteiger partial charge in [0.1, 0.15) is 5.82 Å². The molecule has 1 aromatic heterocycles. The lowest BCUT2D eigenvalue weighted by Crippen LogP contribution is -2.56. The largest absolute Gasteiger partial charge is 0.413 e. The Morgan fingerprint density at radius 3 is 2.56 bits per heavy atom. The van der Waals surface area contributed by atoms with Crippen molar-refractivity contribution in [2.45, 2.75) is 56.6 Å². The van der Waals surface area contributed by atoms with Crippen molar-refractivity contribution in [1.82, 2.24) is 9.55 Å². The van der Waals surface area contributed by atoms with E-state index in [1.807, 2.05) is 11.8 Å². The topological polar surface area (TPSA) is 76.6 Å². The predicted octanol–water partition coefficient (Wildman–Crippen LogP) is 2.58. The van der Waals surface area contributed by atoms with Gasteiger partial charge >= 0.3 is 6.18 Å². The van der Waals surface area contributed by atoms with Gasteiger partial charge in [0.15, 0.2) is 5.54 Å². The third kappa shape index (κ3) is 3.15. The minimum atomic E-state index is -4.54. The summed E-state index contributed by atoms with van der Waals surface area (Å²) < 4.78 is 49.5. The molecular formula is C22H26F3N5O2. The quantitative estimate of drug-likeness (QED) is 0.724. The van der Waals surface area contributed by atoms with Gasteiger partial charge in [0.25, 0.3) is 5.56 Å². The molecule has 4 heterocycles. The molecule has 0 saturated carbocycles. The van der Waals surface area contributed by atoms with Crippen molar-refractivity contribution in [3.8, 4) is 0 Å². The van der Waals surface area contributed by atoms with Gasteiger partial charge < -0.3 is 20.3 Å². The van der Waals surface area contributed by atoms with Crippen LogP contribution in [0.2, 0.25) is 0 Å². The molecule has 2 bridgehead atoms. The van der Waals surface area contributed by atoms with Crippen LogP contribution in [0.3, 0.4) is 0 Å². The molecule has 5 rings (SSSR count). The number of aromatic nitrogens is 2. The van der Waals surface area contributed by atoms with Gasteiger partial charge in [-0.3, -0.25) is 9.36 Å². The number of nitrogens with two attached hydrogens (primary N) is 1. The molecule has 2 fully saturated rings. The summed E-state index contributed by atoms with van der Waals surface area (Å²) in [5.41, 5.74) is 4.18. The summed E-state index contributed by atoms with van der Waals surface area (Å²) in [5.74, 6) is 0.480. The molecular weight excluding hydrogens is 423 g/mol. The second-order valence-corrected chi connectivity index (χ2v) is 9.50. The van der Waals surface area contributed by atoms with E-state index in [-0.39, 0.29) is 24.1 Å². The average molecular weight is 449 g/mol. The molecule has 2 N–H and O–H groups in total. The molecule has 2 saturated heterocycles. The number of rotatable bonds is 4. The third-order valence-corrected chi connectivity index (χ3v) is 7.10. The Kier molecular flexibility index (Phi) is 4.53. The van der Waals surface area contributed by atoms with E-state index in [0.29, 0.717) is 31.1 Å². The van der Waals surface area contributed by atoms with Gasteiger partial charge in [0.05, 0.1) is 24.8 Å². The lowest BCUT2D eigenvalue weighted by atomic mass is 10.00. The van der Waals surface area contributed by atoms with E-state index >= 15 is 0 Å².